The van der Waals surface area contributed by atoms with Crippen molar-refractivity contribution in [2.45, 2.75) is 64.8 Å². The topological polar surface area (TPSA) is 56.3 Å². The van der Waals surface area contributed by atoms with E-state index in [2.05, 4.69) is 57.7 Å². The predicted octanol–water partition coefficient (Wildman–Crippen LogP) is 4.33. The summed E-state index contributed by atoms with van der Waals surface area (Å²) in [5, 5.41) is 5.31. The van der Waals surface area contributed by atoms with Crippen LogP contribution >= 0.6 is 0 Å². The van der Waals surface area contributed by atoms with Gasteiger partial charge in [-0.25, -0.2) is 0 Å². The number of aromatic nitrogens is 3. The predicted molar refractivity (Wildman–Crippen MR) is 109 cm³/mol. The molecule has 1 fully saturated rings. The molecule has 5 heterocycles. The van der Waals surface area contributed by atoms with E-state index in [0.717, 1.165) is 12.8 Å². The molecule has 152 valence electrons. The molecule has 29 heavy (non-hydrogen) atoms. The Bertz CT molecular complexity index is 1100. The summed E-state index contributed by atoms with van der Waals surface area (Å²) in [7, 11) is 0. The van der Waals surface area contributed by atoms with E-state index >= 15 is 0 Å². The lowest BCUT2D eigenvalue weighted by Gasteiger charge is -2.58. The smallest absolute Gasteiger partial charge is 0.252 e. The molecule has 1 saturated heterocycles. The Kier molecular flexibility index (Phi) is 3.61. The number of aryl methyl sites for hydroxylation is 1. The van der Waals surface area contributed by atoms with Crippen molar-refractivity contribution in [3.05, 3.63) is 47.2 Å². The van der Waals surface area contributed by atoms with Gasteiger partial charge in [0, 0.05) is 24.0 Å². The highest BCUT2D eigenvalue weighted by molar-refractivity contribution is 5.86. The normalized spacial score (nSPS) is 31.2. The van der Waals surface area contributed by atoms with Crippen molar-refractivity contribution >= 4 is 10.9 Å². The molecule has 0 saturated carbocycles. The van der Waals surface area contributed by atoms with Gasteiger partial charge in [-0.1, -0.05) is 30.3 Å². The van der Waals surface area contributed by atoms with E-state index in [1.165, 1.54) is 48.1 Å². The largest absolute Gasteiger partial charge is 0.346 e. The Balaban J connectivity index is 1.54. The SMILES string of the molecule is Cc1noc(COC2(C)CC3(C)CCCN4CCc5c(n2c2ccccc52)C43)n1. The summed E-state index contributed by atoms with van der Waals surface area (Å²) in [6.07, 6.45) is 4.61. The number of rotatable bonds is 3. The van der Waals surface area contributed by atoms with Crippen LogP contribution in [0.3, 0.4) is 0 Å². The van der Waals surface area contributed by atoms with Crippen molar-refractivity contribution in [2.75, 3.05) is 13.1 Å². The van der Waals surface area contributed by atoms with Crippen LogP contribution in [0.5, 0.6) is 0 Å². The first kappa shape index (κ1) is 17.7. The van der Waals surface area contributed by atoms with Crippen molar-refractivity contribution in [3.8, 4) is 0 Å². The number of para-hydroxylation sites is 1. The average Bonchev–Trinajstić information content (AvgIpc) is 3.27. The van der Waals surface area contributed by atoms with Gasteiger partial charge in [-0.3, -0.25) is 4.90 Å². The summed E-state index contributed by atoms with van der Waals surface area (Å²) in [5.74, 6) is 1.20. The minimum Gasteiger partial charge on any atom is -0.346 e. The lowest BCUT2D eigenvalue weighted by atomic mass is 9.65. The maximum Gasteiger partial charge on any atom is 0.252 e. The van der Waals surface area contributed by atoms with Crippen molar-refractivity contribution in [2.24, 2.45) is 5.41 Å². The third-order valence-electron chi connectivity index (χ3n) is 7.43. The highest BCUT2D eigenvalue weighted by Crippen LogP contribution is 2.59. The van der Waals surface area contributed by atoms with Gasteiger partial charge in [0.05, 0.1) is 11.6 Å². The summed E-state index contributed by atoms with van der Waals surface area (Å²) >= 11 is 0. The minimum absolute atomic E-state index is 0.206. The summed E-state index contributed by atoms with van der Waals surface area (Å²) in [4.78, 5) is 7.08. The number of piperidine rings is 1. The van der Waals surface area contributed by atoms with Crippen LogP contribution in [0, 0.1) is 12.3 Å². The number of hydrogen-bond acceptors (Lipinski definition) is 5. The Hall–Kier alpha value is -2.18. The maximum absolute atomic E-state index is 6.64. The molecule has 3 atom stereocenters. The fraction of sp³-hybridized carbons (Fsp3) is 0.565. The number of ether oxygens (including phenoxy) is 1. The van der Waals surface area contributed by atoms with Gasteiger partial charge in [-0.05, 0) is 56.7 Å². The zero-order chi connectivity index (χ0) is 19.8. The molecule has 0 amide bonds. The van der Waals surface area contributed by atoms with Crippen LogP contribution in [0.15, 0.2) is 28.8 Å². The van der Waals surface area contributed by atoms with Gasteiger partial charge in [0.1, 0.15) is 12.3 Å². The van der Waals surface area contributed by atoms with Crippen LogP contribution in [-0.4, -0.2) is 32.7 Å². The van der Waals surface area contributed by atoms with Gasteiger partial charge in [-0.2, -0.15) is 4.98 Å². The molecule has 6 nitrogen and oxygen atoms in total. The Morgan fingerprint density at radius 2 is 2.10 bits per heavy atom. The van der Waals surface area contributed by atoms with E-state index < -0.39 is 5.72 Å². The van der Waals surface area contributed by atoms with Crippen molar-refractivity contribution < 1.29 is 9.26 Å². The summed E-state index contributed by atoms with van der Waals surface area (Å²) in [6, 6.07) is 9.33. The maximum atomic E-state index is 6.64. The molecule has 3 aromatic rings. The second kappa shape index (κ2) is 5.92. The molecule has 0 bridgehead atoms. The van der Waals surface area contributed by atoms with E-state index in [1.54, 1.807) is 0 Å². The van der Waals surface area contributed by atoms with E-state index in [4.69, 9.17) is 9.26 Å². The Morgan fingerprint density at radius 1 is 1.24 bits per heavy atom. The van der Waals surface area contributed by atoms with E-state index in [0.29, 0.717) is 24.4 Å². The second-order valence-electron chi connectivity index (χ2n) is 9.54. The molecule has 0 radical (unpaired) electrons. The second-order valence-corrected chi connectivity index (χ2v) is 9.54. The molecular formula is C23H28N4O2. The fourth-order valence-corrected chi connectivity index (χ4v) is 6.52. The van der Waals surface area contributed by atoms with Gasteiger partial charge in [0.2, 0.25) is 0 Å². The first-order valence-corrected chi connectivity index (χ1v) is 10.8. The van der Waals surface area contributed by atoms with Gasteiger partial charge >= 0.3 is 0 Å². The van der Waals surface area contributed by atoms with Crippen LogP contribution in [0.1, 0.15) is 62.1 Å². The highest BCUT2D eigenvalue weighted by atomic mass is 16.5. The molecule has 3 unspecified atom stereocenters. The van der Waals surface area contributed by atoms with Gasteiger partial charge in [0.15, 0.2) is 5.82 Å². The van der Waals surface area contributed by atoms with Gasteiger partial charge < -0.3 is 13.8 Å². The first-order chi connectivity index (χ1) is 14.0. The molecule has 3 aliphatic heterocycles. The zero-order valence-electron chi connectivity index (χ0n) is 17.4. The van der Waals surface area contributed by atoms with E-state index in [9.17, 15) is 0 Å². The number of fused-ring (bicyclic) bond motifs is 3. The van der Waals surface area contributed by atoms with Crippen LogP contribution in [0.4, 0.5) is 0 Å². The summed E-state index contributed by atoms with van der Waals surface area (Å²) < 4.78 is 14.5. The fourth-order valence-electron chi connectivity index (χ4n) is 6.52. The zero-order valence-corrected chi connectivity index (χ0v) is 17.4. The van der Waals surface area contributed by atoms with E-state index in [-0.39, 0.29) is 5.41 Å². The number of benzene rings is 1. The minimum atomic E-state index is -0.443. The molecule has 3 aliphatic rings. The summed E-state index contributed by atoms with van der Waals surface area (Å²) in [5.41, 5.74) is 4.06. The molecule has 2 aromatic heterocycles. The van der Waals surface area contributed by atoms with Crippen molar-refractivity contribution in [1.82, 2.24) is 19.6 Å². The Morgan fingerprint density at radius 3 is 2.93 bits per heavy atom. The molecular weight excluding hydrogens is 364 g/mol. The lowest BCUT2D eigenvalue weighted by molar-refractivity contribution is -0.172. The lowest BCUT2D eigenvalue weighted by Crippen LogP contribution is -2.56. The first-order valence-electron chi connectivity index (χ1n) is 10.8. The Labute approximate surface area is 170 Å². The average molecular weight is 393 g/mol. The molecule has 0 N–H and O–H groups in total. The number of hydrogen-bond donors (Lipinski definition) is 0. The van der Waals surface area contributed by atoms with E-state index in [1.807, 2.05) is 6.92 Å². The third-order valence-corrected chi connectivity index (χ3v) is 7.43. The van der Waals surface area contributed by atoms with Crippen LogP contribution < -0.4 is 0 Å². The van der Waals surface area contributed by atoms with Crippen LogP contribution in [0.2, 0.25) is 0 Å². The molecule has 1 aromatic carbocycles. The standard InChI is InChI=1S/C23H28N4O2/c1-15-24-19(29-25-15)13-28-23(3)14-22(2)10-6-11-26-12-9-17-16-7-4-5-8-18(16)27(23)20(17)21(22)26/h4-5,7-8,21H,6,9-14H2,1-3H3. The molecule has 6 heteroatoms. The molecule has 6 rings (SSSR count). The van der Waals surface area contributed by atoms with Crippen LogP contribution in [0.25, 0.3) is 10.9 Å². The summed E-state index contributed by atoms with van der Waals surface area (Å²) in [6.45, 7) is 9.27. The highest BCUT2D eigenvalue weighted by Gasteiger charge is 2.55. The van der Waals surface area contributed by atoms with Crippen molar-refractivity contribution in [1.29, 1.82) is 0 Å². The number of nitrogens with zero attached hydrogens (tertiary/aromatic N) is 4. The molecule has 0 spiro atoms. The monoisotopic (exact) mass is 392 g/mol. The van der Waals surface area contributed by atoms with Crippen molar-refractivity contribution in [3.63, 3.8) is 0 Å². The van der Waals surface area contributed by atoms with Gasteiger partial charge in [-0.15, -0.1) is 0 Å². The van der Waals surface area contributed by atoms with Gasteiger partial charge in [0.25, 0.3) is 5.89 Å². The third kappa shape index (κ3) is 2.42. The quantitative estimate of drug-likeness (QED) is 0.664. The molecule has 0 aliphatic carbocycles. The van der Waals surface area contributed by atoms with Crippen LogP contribution in [-0.2, 0) is 23.5 Å².